The number of hydrogen-bond donors (Lipinski definition) is 1. The van der Waals surface area contributed by atoms with Gasteiger partial charge in [0.1, 0.15) is 18.6 Å². The predicted molar refractivity (Wildman–Crippen MR) is 102 cm³/mol. The molecule has 0 saturated carbocycles. The third kappa shape index (κ3) is 4.37. The molecule has 1 saturated heterocycles. The van der Waals surface area contributed by atoms with Crippen LogP contribution in [0.1, 0.15) is 28.8 Å². The van der Waals surface area contributed by atoms with Crippen LogP contribution in [-0.4, -0.2) is 35.3 Å². The molecular formula is C21H21N3O4. The fraction of sp³-hybridized carbons (Fsp3) is 0.286. The lowest BCUT2D eigenvalue weighted by Crippen LogP contribution is -2.38. The lowest BCUT2D eigenvalue weighted by Gasteiger charge is -2.23. The Morgan fingerprint density at radius 2 is 1.96 bits per heavy atom. The van der Waals surface area contributed by atoms with Gasteiger partial charge in [-0.15, -0.1) is 0 Å². The first kappa shape index (κ1) is 18.2. The molecular weight excluding hydrogens is 358 g/mol. The van der Waals surface area contributed by atoms with Gasteiger partial charge in [-0.25, -0.2) is 4.98 Å². The van der Waals surface area contributed by atoms with Crippen molar-refractivity contribution < 1.29 is 18.8 Å². The highest BCUT2D eigenvalue weighted by atomic mass is 16.5. The number of nitrogens with zero attached hydrogens (tertiary/aromatic N) is 2. The van der Waals surface area contributed by atoms with Crippen molar-refractivity contribution in [2.75, 3.05) is 13.2 Å². The molecule has 28 heavy (non-hydrogen) atoms. The zero-order valence-electron chi connectivity index (χ0n) is 15.3. The van der Waals surface area contributed by atoms with E-state index in [4.69, 9.17) is 14.0 Å². The summed E-state index contributed by atoms with van der Waals surface area (Å²) in [6.45, 7) is 1.64. The van der Waals surface area contributed by atoms with E-state index in [2.05, 4.69) is 15.5 Å². The summed E-state index contributed by atoms with van der Waals surface area (Å²) in [5.41, 5.74) is 3.04. The molecule has 1 N–H and O–H groups in total. The molecule has 0 radical (unpaired) electrons. The molecule has 2 aromatic heterocycles. The van der Waals surface area contributed by atoms with Gasteiger partial charge in [0.05, 0.1) is 11.1 Å². The summed E-state index contributed by atoms with van der Waals surface area (Å²) in [5, 5.41) is 7.07. The fourth-order valence-corrected chi connectivity index (χ4v) is 3.06. The van der Waals surface area contributed by atoms with Crippen LogP contribution in [0.2, 0.25) is 0 Å². The SMILES string of the molecule is O=C(NC1CCOCC1)c1ccc(OCc2conc2-c2ccccc2)nc1. The van der Waals surface area contributed by atoms with Crippen molar-refractivity contribution in [3.05, 3.63) is 66.1 Å². The first-order valence-electron chi connectivity index (χ1n) is 9.26. The fourth-order valence-electron chi connectivity index (χ4n) is 3.06. The van der Waals surface area contributed by atoms with Crippen molar-refractivity contribution in [1.29, 1.82) is 0 Å². The van der Waals surface area contributed by atoms with Crippen molar-refractivity contribution in [2.45, 2.75) is 25.5 Å². The van der Waals surface area contributed by atoms with E-state index in [1.807, 2.05) is 30.3 Å². The van der Waals surface area contributed by atoms with Crippen LogP contribution in [0.3, 0.4) is 0 Å². The molecule has 1 fully saturated rings. The van der Waals surface area contributed by atoms with Crippen molar-refractivity contribution in [2.24, 2.45) is 0 Å². The van der Waals surface area contributed by atoms with Crippen LogP contribution in [-0.2, 0) is 11.3 Å². The second-order valence-corrected chi connectivity index (χ2v) is 6.59. The molecule has 1 aliphatic heterocycles. The maximum atomic E-state index is 12.3. The van der Waals surface area contributed by atoms with Crippen LogP contribution in [0.15, 0.2) is 59.4 Å². The molecule has 1 aliphatic rings. The summed E-state index contributed by atoms with van der Waals surface area (Å²) in [6.07, 6.45) is 4.76. The number of aromatic nitrogens is 2. The Kier molecular flexibility index (Phi) is 5.63. The molecule has 7 heteroatoms. The summed E-state index contributed by atoms with van der Waals surface area (Å²) >= 11 is 0. The second kappa shape index (κ2) is 8.67. The second-order valence-electron chi connectivity index (χ2n) is 6.59. The molecule has 4 rings (SSSR count). The Morgan fingerprint density at radius 1 is 1.14 bits per heavy atom. The average molecular weight is 379 g/mol. The molecule has 0 bridgehead atoms. The summed E-state index contributed by atoms with van der Waals surface area (Å²) in [5.74, 6) is 0.305. The molecule has 0 spiro atoms. The molecule has 1 amide bonds. The molecule has 7 nitrogen and oxygen atoms in total. The Morgan fingerprint density at radius 3 is 2.71 bits per heavy atom. The summed E-state index contributed by atoms with van der Waals surface area (Å²) in [7, 11) is 0. The smallest absolute Gasteiger partial charge is 0.253 e. The Labute approximate surface area is 162 Å². The van der Waals surface area contributed by atoms with Gasteiger partial charge in [0.2, 0.25) is 5.88 Å². The first-order valence-corrected chi connectivity index (χ1v) is 9.26. The van der Waals surface area contributed by atoms with Gasteiger partial charge in [-0.05, 0) is 18.9 Å². The summed E-state index contributed by atoms with van der Waals surface area (Å²) in [6, 6.07) is 13.3. The van der Waals surface area contributed by atoms with Gasteiger partial charge in [-0.1, -0.05) is 35.5 Å². The van der Waals surface area contributed by atoms with Crippen LogP contribution >= 0.6 is 0 Å². The minimum absolute atomic E-state index is 0.128. The normalized spacial score (nSPS) is 14.6. The maximum absolute atomic E-state index is 12.3. The van der Waals surface area contributed by atoms with Crippen LogP contribution in [0.4, 0.5) is 0 Å². The van der Waals surface area contributed by atoms with Gasteiger partial charge in [0.15, 0.2) is 0 Å². The van der Waals surface area contributed by atoms with Crippen LogP contribution < -0.4 is 10.1 Å². The van der Waals surface area contributed by atoms with Gasteiger partial charge in [0, 0.05) is 37.1 Å². The molecule has 0 atom stereocenters. The molecule has 144 valence electrons. The number of pyridine rings is 1. The molecule has 3 aromatic rings. The van der Waals surface area contributed by atoms with Crippen molar-refractivity contribution >= 4 is 5.91 Å². The minimum Gasteiger partial charge on any atom is -0.473 e. The monoisotopic (exact) mass is 379 g/mol. The quantitative estimate of drug-likeness (QED) is 0.708. The highest BCUT2D eigenvalue weighted by molar-refractivity contribution is 5.94. The van der Waals surface area contributed by atoms with E-state index >= 15 is 0 Å². The highest BCUT2D eigenvalue weighted by Gasteiger charge is 2.17. The number of benzene rings is 1. The van der Waals surface area contributed by atoms with E-state index < -0.39 is 0 Å². The van der Waals surface area contributed by atoms with Gasteiger partial charge >= 0.3 is 0 Å². The van der Waals surface area contributed by atoms with Gasteiger partial charge < -0.3 is 19.3 Å². The Balaban J connectivity index is 1.35. The number of amides is 1. The number of carbonyl (C=O) groups excluding carboxylic acids is 1. The van der Waals surface area contributed by atoms with E-state index in [1.165, 1.54) is 6.20 Å². The minimum atomic E-state index is -0.128. The zero-order chi connectivity index (χ0) is 19.2. The number of ether oxygens (including phenoxy) is 2. The predicted octanol–water partition coefficient (Wildman–Crippen LogP) is 3.22. The maximum Gasteiger partial charge on any atom is 0.253 e. The lowest BCUT2D eigenvalue weighted by atomic mass is 10.1. The molecule has 1 aromatic carbocycles. The largest absolute Gasteiger partial charge is 0.473 e. The Bertz CT molecular complexity index is 903. The number of rotatable bonds is 6. The first-order chi connectivity index (χ1) is 13.8. The van der Waals surface area contributed by atoms with Crippen molar-refractivity contribution in [1.82, 2.24) is 15.5 Å². The summed E-state index contributed by atoms with van der Waals surface area (Å²) < 4.78 is 16.1. The molecule has 0 unspecified atom stereocenters. The van der Waals surface area contributed by atoms with Crippen LogP contribution in [0.5, 0.6) is 5.88 Å². The van der Waals surface area contributed by atoms with Crippen LogP contribution in [0, 0.1) is 0 Å². The third-order valence-electron chi connectivity index (χ3n) is 4.62. The van der Waals surface area contributed by atoms with Gasteiger partial charge in [-0.2, -0.15) is 0 Å². The molecule has 0 aliphatic carbocycles. The number of nitrogens with one attached hydrogen (secondary N) is 1. The standard InChI is InChI=1S/C21H21N3O4/c25-21(23-18-8-10-26-11-9-18)16-6-7-19(22-12-16)27-13-17-14-28-24-20(17)15-4-2-1-3-5-15/h1-7,12,14,18H,8-11,13H2,(H,23,25). The highest BCUT2D eigenvalue weighted by Crippen LogP contribution is 2.23. The zero-order valence-corrected chi connectivity index (χ0v) is 15.3. The van der Waals surface area contributed by atoms with E-state index in [1.54, 1.807) is 18.4 Å². The topological polar surface area (TPSA) is 86.5 Å². The van der Waals surface area contributed by atoms with E-state index in [-0.39, 0.29) is 18.6 Å². The average Bonchev–Trinajstić information content (AvgIpc) is 3.23. The van der Waals surface area contributed by atoms with Crippen molar-refractivity contribution in [3.8, 4) is 17.1 Å². The van der Waals surface area contributed by atoms with E-state index in [0.29, 0.717) is 24.7 Å². The van der Waals surface area contributed by atoms with Crippen LogP contribution in [0.25, 0.3) is 11.3 Å². The van der Waals surface area contributed by atoms with E-state index in [9.17, 15) is 4.79 Å². The number of carbonyl (C=O) groups is 1. The lowest BCUT2D eigenvalue weighted by molar-refractivity contribution is 0.0696. The van der Waals surface area contributed by atoms with Crippen molar-refractivity contribution in [3.63, 3.8) is 0 Å². The Hall–Kier alpha value is -3.19. The summed E-state index contributed by atoms with van der Waals surface area (Å²) in [4.78, 5) is 16.6. The third-order valence-corrected chi connectivity index (χ3v) is 4.62. The van der Waals surface area contributed by atoms with E-state index in [0.717, 1.165) is 29.7 Å². The van der Waals surface area contributed by atoms with Gasteiger partial charge in [0.25, 0.3) is 5.91 Å². The van der Waals surface area contributed by atoms with Gasteiger partial charge in [-0.3, -0.25) is 4.79 Å². The molecule has 3 heterocycles. The number of hydrogen-bond acceptors (Lipinski definition) is 6.